The van der Waals surface area contributed by atoms with E-state index in [0.717, 1.165) is 37.9 Å². The summed E-state index contributed by atoms with van der Waals surface area (Å²) in [7, 11) is 0. The summed E-state index contributed by atoms with van der Waals surface area (Å²) in [5.41, 5.74) is 1.10. The maximum absolute atomic E-state index is 13.4. The van der Waals surface area contributed by atoms with Crippen LogP contribution in [0.1, 0.15) is 48.3 Å². The van der Waals surface area contributed by atoms with E-state index in [-0.39, 0.29) is 11.9 Å². The van der Waals surface area contributed by atoms with Crippen molar-refractivity contribution in [3.05, 3.63) is 36.2 Å². The maximum atomic E-state index is 13.4. The van der Waals surface area contributed by atoms with Crippen LogP contribution in [0.15, 0.2) is 24.8 Å². The van der Waals surface area contributed by atoms with Crippen molar-refractivity contribution in [2.75, 3.05) is 13.1 Å². The number of imidazole rings is 1. The van der Waals surface area contributed by atoms with E-state index in [2.05, 4.69) is 25.2 Å². The summed E-state index contributed by atoms with van der Waals surface area (Å²) in [5, 5.41) is 3.11. The van der Waals surface area contributed by atoms with Crippen LogP contribution >= 0.6 is 0 Å². The molecule has 0 radical (unpaired) electrons. The van der Waals surface area contributed by atoms with Crippen molar-refractivity contribution in [2.45, 2.75) is 57.3 Å². The molecule has 1 saturated carbocycles. The standard InChI is InChI=1S/C19H25FN6O/c1-13-10-17(24-19(22-13)26-9-7-21-12-26)18(27)23-15-2-4-16(5-3-15)25-8-6-14(20)11-25/h7,9-10,12,14-16H,2-6,8,11H2,1H3,(H,23,27)/t14-,15?,16?/m1/s1. The zero-order valence-corrected chi connectivity index (χ0v) is 15.5. The van der Waals surface area contributed by atoms with Crippen molar-refractivity contribution < 1.29 is 9.18 Å². The molecule has 8 heteroatoms. The number of likely N-dealkylation sites (tertiary alicyclic amines) is 1. The molecule has 1 amide bonds. The summed E-state index contributed by atoms with van der Waals surface area (Å²) in [6, 6.07) is 2.30. The van der Waals surface area contributed by atoms with Crippen molar-refractivity contribution in [1.29, 1.82) is 0 Å². The molecular weight excluding hydrogens is 347 g/mol. The minimum absolute atomic E-state index is 0.143. The molecule has 2 aromatic rings. The Labute approximate surface area is 158 Å². The van der Waals surface area contributed by atoms with Crippen LogP contribution in [0, 0.1) is 6.92 Å². The number of hydrogen-bond acceptors (Lipinski definition) is 5. The number of nitrogens with zero attached hydrogens (tertiary/aromatic N) is 5. The van der Waals surface area contributed by atoms with Gasteiger partial charge in [-0.1, -0.05) is 0 Å². The first-order valence-corrected chi connectivity index (χ1v) is 9.61. The van der Waals surface area contributed by atoms with Gasteiger partial charge in [-0.25, -0.2) is 19.3 Å². The van der Waals surface area contributed by atoms with E-state index in [1.54, 1.807) is 29.4 Å². The lowest BCUT2D eigenvalue weighted by Gasteiger charge is -2.34. The summed E-state index contributed by atoms with van der Waals surface area (Å²) in [6.07, 6.45) is 8.83. The molecule has 2 aromatic heterocycles. The summed E-state index contributed by atoms with van der Waals surface area (Å²) >= 11 is 0. The summed E-state index contributed by atoms with van der Waals surface area (Å²) in [6.45, 7) is 3.28. The smallest absolute Gasteiger partial charge is 0.270 e. The lowest BCUT2D eigenvalue weighted by Crippen LogP contribution is -2.43. The molecule has 1 N–H and O–H groups in total. The third-order valence-electron chi connectivity index (χ3n) is 5.52. The van der Waals surface area contributed by atoms with Gasteiger partial charge < -0.3 is 5.32 Å². The van der Waals surface area contributed by atoms with E-state index >= 15 is 0 Å². The molecule has 0 bridgehead atoms. The highest BCUT2D eigenvalue weighted by atomic mass is 19.1. The number of rotatable bonds is 4. The second-order valence-electron chi connectivity index (χ2n) is 7.52. The second-order valence-corrected chi connectivity index (χ2v) is 7.52. The van der Waals surface area contributed by atoms with Gasteiger partial charge in [-0.05, 0) is 45.1 Å². The number of carbonyl (C=O) groups is 1. The van der Waals surface area contributed by atoms with Crippen molar-refractivity contribution in [3.63, 3.8) is 0 Å². The van der Waals surface area contributed by atoms with Crippen LogP contribution in [0.3, 0.4) is 0 Å². The van der Waals surface area contributed by atoms with Crippen LogP contribution in [0.2, 0.25) is 0 Å². The van der Waals surface area contributed by atoms with E-state index in [9.17, 15) is 9.18 Å². The molecule has 2 fully saturated rings. The molecule has 1 aliphatic carbocycles. The minimum Gasteiger partial charge on any atom is -0.348 e. The van der Waals surface area contributed by atoms with Crippen molar-refractivity contribution in [3.8, 4) is 5.95 Å². The van der Waals surface area contributed by atoms with Crippen LogP contribution in [0.4, 0.5) is 4.39 Å². The van der Waals surface area contributed by atoms with Crippen LogP contribution in [-0.4, -0.2) is 61.7 Å². The van der Waals surface area contributed by atoms with E-state index in [4.69, 9.17) is 0 Å². The normalized spacial score (nSPS) is 26.2. The molecule has 4 rings (SSSR count). The molecule has 27 heavy (non-hydrogen) atoms. The number of nitrogens with one attached hydrogen (secondary N) is 1. The highest BCUT2D eigenvalue weighted by Gasteiger charge is 2.31. The SMILES string of the molecule is Cc1cc(C(=O)NC2CCC(N3CC[C@@H](F)C3)CC2)nc(-n2ccnc2)n1. The number of amides is 1. The topological polar surface area (TPSA) is 75.9 Å². The van der Waals surface area contributed by atoms with Gasteiger partial charge >= 0.3 is 0 Å². The van der Waals surface area contributed by atoms with E-state index in [1.807, 2.05) is 6.92 Å². The highest BCUT2D eigenvalue weighted by molar-refractivity contribution is 5.92. The van der Waals surface area contributed by atoms with E-state index in [0.29, 0.717) is 30.6 Å². The Morgan fingerprint density at radius 2 is 2.04 bits per heavy atom. The average molecular weight is 372 g/mol. The van der Waals surface area contributed by atoms with Gasteiger partial charge in [0.1, 0.15) is 18.2 Å². The largest absolute Gasteiger partial charge is 0.348 e. The Kier molecular flexibility index (Phi) is 5.15. The van der Waals surface area contributed by atoms with Gasteiger partial charge in [0.2, 0.25) is 5.95 Å². The first kappa shape index (κ1) is 18.0. The van der Waals surface area contributed by atoms with Crippen LogP contribution in [0.25, 0.3) is 5.95 Å². The number of hydrogen-bond donors (Lipinski definition) is 1. The predicted molar refractivity (Wildman–Crippen MR) is 98.5 cm³/mol. The quantitative estimate of drug-likeness (QED) is 0.889. The molecule has 3 heterocycles. The molecule has 2 aliphatic rings. The number of aromatic nitrogens is 4. The number of carbonyl (C=O) groups excluding carboxylic acids is 1. The van der Waals surface area contributed by atoms with Crippen molar-refractivity contribution >= 4 is 5.91 Å². The van der Waals surface area contributed by atoms with Crippen molar-refractivity contribution in [1.82, 2.24) is 29.7 Å². The van der Waals surface area contributed by atoms with Crippen LogP contribution in [0.5, 0.6) is 0 Å². The fourth-order valence-electron chi connectivity index (χ4n) is 4.08. The number of halogens is 1. The Morgan fingerprint density at radius 3 is 2.70 bits per heavy atom. The molecular formula is C19H25FN6O. The molecule has 1 saturated heterocycles. The molecule has 1 aliphatic heterocycles. The first-order chi connectivity index (χ1) is 13.1. The molecule has 0 unspecified atom stereocenters. The lowest BCUT2D eigenvalue weighted by molar-refractivity contribution is 0.0904. The second kappa shape index (κ2) is 7.72. The first-order valence-electron chi connectivity index (χ1n) is 9.61. The fourth-order valence-corrected chi connectivity index (χ4v) is 4.08. The molecule has 1 atom stereocenters. The number of aryl methyl sites for hydroxylation is 1. The Balaban J connectivity index is 1.36. The van der Waals surface area contributed by atoms with Crippen molar-refractivity contribution in [2.24, 2.45) is 0 Å². The van der Waals surface area contributed by atoms with Gasteiger partial charge in [-0.3, -0.25) is 14.3 Å². The monoisotopic (exact) mass is 372 g/mol. The molecule has 0 aromatic carbocycles. The summed E-state index contributed by atoms with van der Waals surface area (Å²) in [4.78, 5) is 27.7. The summed E-state index contributed by atoms with van der Waals surface area (Å²) in [5.74, 6) is 0.270. The third kappa shape index (κ3) is 4.16. The van der Waals surface area contributed by atoms with Crippen LogP contribution < -0.4 is 5.32 Å². The maximum Gasteiger partial charge on any atom is 0.270 e. The highest BCUT2D eigenvalue weighted by Crippen LogP contribution is 2.27. The van der Waals surface area contributed by atoms with Gasteiger partial charge in [0.15, 0.2) is 0 Å². The van der Waals surface area contributed by atoms with E-state index in [1.165, 1.54) is 0 Å². The Bertz CT molecular complexity index is 788. The van der Waals surface area contributed by atoms with Gasteiger partial charge in [0, 0.05) is 43.3 Å². The van der Waals surface area contributed by atoms with Crippen LogP contribution in [-0.2, 0) is 0 Å². The zero-order valence-electron chi connectivity index (χ0n) is 15.5. The lowest BCUT2D eigenvalue weighted by atomic mass is 9.90. The van der Waals surface area contributed by atoms with Gasteiger partial charge in [0.25, 0.3) is 5.91 Å². The molecule has 144 valence electrons. The minimum atomic E-state index is -0.673. The van der Waals surface area contributed by atoms with Gasteiger partial charge in [-0.2, -0.15) is 0 Å². The molecule has 0 spiro atoms. The molecule has 7 nitrogen and oxygen atoms in total. The fraction of sp³-hybridized carbons (Fsp3) is 0.579. The summed E-state index contributed by atoms with van der Waals surface area (Å²) < 4.78 is 15.1. The number of alkyl halides is 1. The van der Waals surface area contributed by atoms with Gasteiger partial charge in [0.05, 0.1) is 0 Å². The predicted octanol–water partition coefficient (Wildman–Crippen LogP) is 2.06. The average Bonchev–Trinajstić information content (AvgIpc) is 3.34. The Hall–Kier alpha value is -2.35. The van der Waals surface area contributed by atoms with Gasteiger partial charge in [-0.15, -0.1) is 0 Å². The zero-order chi connectivity index (χ0) is 18.8. The van der Waals surface area contributed by atoms with E-state index < -0.39 is 6.17 Å². The third-order valence-corrected chi connectivity index (χ3v) is 5.52. The Morgan fingerprint density at radius 1 is 1.22 bits per heavy atom.